The van der Waals surface area contributed by atoms with Crippen LogP contribution in [0.3, 0.4) is 0 Å². The zero-order valence-electron chi connectivity index (χ0n) is 19.2. The first-order valence-corrected chi connectivity index (χ1v) is 11.3. The maximum atomic E-state index is 13.9. The van der Waals surface area contributed by atoms with Crippen molar-refractivity contribution >= 4 is 17.8 Å². The third-order valence-corrected chi connectivity index (χ3v) is 7.08. The van der Waals surface area contributed by atoms with Crippen LogP contribution in [-0.2, 0) is 23.9 Å². The lowest BCUT2D eigenvalue weighted by atomic mass is 9.70. The van der Waals surface area contributed by atoms with E-state index >= 15 is 0 Å². The molecule has 0 aliphatic carbocycles. The Balaban J connectivity index is 2.11. The Labute approximate surface area is 184 Å². The van der Waals surface area contributed by atoms with E-state index in [0.717, 1.165) is 0 Å². The second-order valence-electron chi connectivity index (χ2n) is 9.42. The summed E-state index contributed by atoms with van der Waals surface area (Å²) >= 11 is 0. The Morgan fingerprint density at radius 3 is 2.58 bits per heavy atom. The number of ether oxygens (including phenoxy) is 2. The van der Waals surface area contributed by atoms with Gasteiger partial charge in [0.05, 0.1) is 37.2 Å². The average Bonchev–Trinajstić information content (AvgIpc) is 3.34. The van der Waals surface area contributed by atoms with Gasteiger partial charge in [0.2, 0.25) is 11.8 Å². The fourth-order valence-corrected chi connectivity index (χ4v) is 5.71. The number of fused-ring (bicyclic) bond motifs is 1. The zero-order chi connectivity index (χ0) is 23.1. The van der Waals surface area contributed by atoms with Gasteiger partial charge in [-0.05, 0) is 39.5 Å². The van der Waals surface area contributed by atoms with Crippen LogP contribution in [0.25, 0.3) is 0 Å². The molecule has 2 bridgehead atoms. The Bertz CT molecular complexity index is 738. The molecule has 1 spiro atoms. The van der Waals surface area contributed by atoms with Gasteiger partial charge in [0.25, 0.3) is 0 Å². The molecule has 8 nitrogen and oxygen atoms in total. The molecule has 1 N–H and O–H groups in total. The van der Waals surface area contributed by atoms with E-state index in [1.54, 1.807) is 17.9 Å². The third-order valence-electron chi connectivity index (χ3n) is 7.08. The van der Waals surface area contributed by atoms with Crippen molar-refractivity contribution in [2.24, 2.45) is 17.8 Å². The number of amides is 2. The summed E-state index contributed by atoms with van der Waals surface area (Å²) in [4.78, 5) is 43.7. The summed E-state index contributed by atoms with van der Waals surface area (Å²) in [6, 6.07) is -1.55. The van der Waals surface area contributed by atoms with Crippen molar-refractivity contribution in [2.75, 3.05) is 19.8 Å². The van der Waals surface area contributed by atoms with Gasteiger partial charge in [0, 0.05) is 12.6 Å². The van der Waals surface area contributed by atoms with Gasteiger partial charge in [-0.3, -0.25) is 14.4 Å². The molecule has 0 aromatic carbocycles. The van der Waals surface area contributed by atoms with Crippen LogP contribution in [0, 0.1) is 17.8 Å². The molecule has 0 saturated carbocycles. The van der Waals surface area contributed by atoms with Crippen molar-refractivity contribution in [3.8, 4) is 0 Å². The first-order chi connectivity index (χ1) is 14.7. The fourth-order valence-electron chi connectivity index (χ4n) is 5.71. The monoisotopic (exact) mass is 436 g/mol. The van der Waals surface area contributed by atoms with Crippen LogP contribution in [0.5, 0.6) is 0 Å². The van der Waals surface area contributed by atoms with Crippen molar-refractivity contribution in [3.05, 3.63) is 12.7 Å². The minimum Gasteiger partial charge on any atom is -0.466 e. The van der Waals surface area contributed by atoms with Crippen LogP contribution in [0.2, 0.25) is 0 Å². The van der Waals surface area contributed by atoms with E-state index in [0.29, 0.717) is 19.4 Å². The molecule has 3 saturated heterocycles. The van der Waals surface area contributed by atoms with E-state index in [2.05, 4.69) is 6.58 Å². The molecule has 3 heterocycles. The van der Waals surface area contributed by atoms with Crippen molar-refractivity contribution in [2.45, 2.75) is 77.3 Å². The second kappa shape index (κ2) is 8.90. The minimum atomic E-state index is -1.08. The lowest BCUT2D eigenvalue weighted by Gasteiger charge is -2.41. The number of carbonyl (C=O) groups excluding carboxylic acids is 3. The summed E-state index contributed by atoms with van der Waals surface area (Å²) in [5.74, 6) is -2.55. The van der Waals surface area contributed by atoms with Gasteiger partial charge >= 0.3 is 5.97 Å². The van der Waals surface area contributed by atoms with Crippen LogP contribution < -0.4 is 0 Å². The number of hydrogen-bond acceptors (Lipinski definition) is 6. The van der Waals surface area contributed by atoms with E-state index in [9.17, 15) is 19.5 Å². The van der Waals surface area contributed by atoms with Crippen molar-refractivity contribution in [3.63, 3.8) is 0 Å². The summed E-state index contributed by atoms with van der Waals surface area (Å²) in [6.45, 7) is 13.4. The molecule has 0 aromatic rings. The maximum absolute atomic E-state index is 13.9. The summed E-state index contributed by atoms with van der Waals surface area (Å²) in [6.07, 6.45) is 2.35. The number of aliphatic hydroxyl groups is 1. The summed E-state index contributed by atoms with van der Waals surface area (Å²) in [7, 11) is 0. The molecule has 0 unspecified atom stereocenters. The summed E-state index contributed by atoms with van der Waals surface area (Å²) in [5.41, 5.74) is -1.08. The third kappa shape index (κ3) is 3.57. The molecule has 3 rings (SSSR count). The average molecular weight is 437 g/mol. The normalized spacial score (nSPS) is 32.5. The molecule has 0 aromatic heterocycles. The van der Waals surface area contributed by atoms with Crippen LogP contribution in [0.1, 0.15) is 47.5 Å². The molecule has 6 atom stereocenters. The lowest BCUT2D eigenvalue weighted by Crippen LogP contribution is -2.60. The SMILES string of the molecule is C=CCN(C(=O)[C@H]1N([C@@H](CO)C(C)C)C(=O)[C@@H]2[C@@H](C(=O)OCC)[C@H]3CC[C@]21O3)C(C)C. The number of likely N-dealkylation sites (tertiary alicyclic amines) is 1. The van der Waals surface area contributed by atoms with Gasteiger partial charge in [0.15, 0.2) is 0 Å². The highest BCUT2D eigenvalue weighted by atomic mass is 16.6. The number of hydrogen-bond donors (Lipinski definition) is 1. The van der Waals surface area contributed by atoms with E-state index in [1.807, 2.05) is 27.7 Å². The first-order valence-electron chi connectivity index (χ1n) is 11.3. The zero-order valence-corrected chi connectivity index (χ0v) is 19.2. The van der Waals surface area contributed by atoms with E-state index in [-0.39, 0.29) is 37.0 Å². The molecular formula is C23H36N2O6. The number of esters is 1. The number of aliphatic hydroxyl groups excluding tert-OH is 1. The second-order valence-corrected chi connectivity index (χ2v) is 9.42. The predicted octanol–water partition coefficient (Wildman–Crippen LogP) is 1.36. The molecular weight excluding hydrogens is 400 g/mol. The van der Waals surface area contributed by atoms with Gasteiger partial charge in [-0.25, -0.2) is 0 Å². The molecule has 2 amide bonds. The van der Waals surface area contributed by atoms with Crippen molar-refractivity contribution in [1.82, 2.24) is 9.80 Å². The highest BCUT2D eigenvalue weighted by Gasteiger charge is 2.75. The molecule has 3 aliphatic rings. The highest BCUT2D eigenvalue weighted by Crippen LogP contribution is 2.59. The predicted molar refractivity (Wildman–Crippen MR) is 114 cm³/mol. The summed E-state index contributed by atoms with van der Waals surface area (Å²) in [5, 5.41) is 10.1. The van der Waals surface area contributed by atoms with Gasteiger partial charge in [-0.1, -0.05) is 19.9 Å². The fraction of sp³-hybridized carbons (Fsp3) is 0.783. The Morgan fingerprint density at radius 1 is 1.39 bits per heavy atom. The maximum Gasteiger partial charge on any atom is 0.312 e. The quantitative estimate of drug-likeness (QED) is 0.433. The van der Waals surface area contributed by atoms with Gasteiger partial charge < -0.3 is 24.4 Å². The van der Waals surface area contributed by atoms with Gasteiger partial charge in [-0.15, -0.1) is 6.58 Å². The molecule has 8 heteroatoms. The minimum absolute atomic E-state index is 0.0791. The number of carbonyl (C=O) groups is 3. The van der Waals surface area contributed by atoms with Crippen LogP contribution in [0.4, 0.5) is 0 Å². The van der Waals surface area contributed by atoms with Crippen LogP contribution >= 0.6 is 0 Å². The van der Waals surface area contributed by atoms with E-state index in [1.165, 1.54) is 4.90 Å². The standard InChI is InChI=1S/C23H36N2O6/c1-7-11-24(14(5)6)21(28)19-23-10-9-16(31-23)17(22(29)30-8-2)18(23)20(27)25(19)15(12-26)13(3)4/h7,13-19,26H,1,8-12H2,2-6H3/t15-,16+,17-,18-,19+,23-/m0/s1. The van der Waals surface area contributed by atoms with Crippen LogP contribution in [-0.4, -0.2) is 82.3 Å². The number of nitrogens with zero attached hydrogens (tertiary/aromatic N) is 2. The molecule has 3 fully saturated rings. The topological polar surface area (TPSA) is 96.4 Å². The Hall–Kier alpha value is -1.93. The largest absolute Gasteiger partial charge is 0.466 e. The van der Waals surface area contributed by atoms with Crippen molar-refractivity contribution in [1.29, 1.82) is 0 Å². The molecule has 0 radical (unpaired) electrons. The molecule has 3 aliphatic heterocycles. The molecule has 174 valence electrons. The van der Waals surface area contributed by atoms with E-state index < -0.39 is 41.6 Å². The Kier molecular flexibility index (Phi) is 6.81. The van der Waals surface area contributed by atoms with Crippen LogP contribution in [0.15, 0.2) is 12.7 Å². The smallest absolute Gasteiger partial charge is 0.312 e. The van der Waals surface area contributed by atoms with E-state index in [4.69, 9.17) is 9.47 Å². The Morgan fingerprint density at radius 2 is 2.06 bits per heavy atom. The van der Waals surface area contributed by atoms with Gasteiger partial charge in [0.1, 0.15) is 11.6 Å². The number of rotatable bonds is 9. The first kappa shape index (κ1) is 23.7. The van der Waals surface area contributed by atoms with Crippen molar-refractivity contribution < 1.29 is 29.0 Å². The highest BCUT2D eigenvalue weighted by molar-refractivity contribution is 5.98. The lowest BCUT2D eigenvalue weighted by molar-refractivity contribution is -0.157. The van der Waals surface area contributed by atoms with Gasteiger partial charge in [-0.2, -0.15) is 0 Å². The molecule has 31 heavy (non-hydrogen) atoms. The summed E-state index contributed by atoms with van der Waals surface area (Å²) < 4.78 is 11.6.